The minimum atomic E-state index is -0.171. The molecule has 0 saturated carbocycles. The lowest BCUT2D eigenvalue weighted by Gasteiger charge is -2.29. The Hall–Kier alpha value is -1.02. The zero-order chi connectivity index (χ0) is 13.9. The Morgan fingerprint density at radius 1 is 1.00 bits per heavy atom. The molecule has 0 saturated heterocycles. The smallest absolute Gasteiger partial charge is 0.0423 e. The van der Waals surface area contributed by atoms with Gasteiger partial charge < -0.3 is 5.73 Å². The molecule has 2 aromatic carbocycles. The Kier molecular flexibility index (Phi) is 4.51. The van der Waals surface area contributed by atoms with Crippen molar-refractivity contribution in [3.05, 3.63) is 69.7 Å². The average Bonchev–Trinajstić information content (AvgIpc) is 2.38. The fraction of sp³-hybridized carbons (Fsp3) is 0.250. The monoisotopic (exact) mass is 293 g/mol. The number of hydrogen-bond acceptors (Lipinski definition) is 1. The molecule has 0 aliphatic carbocycles. The molecule has 0 spiro atoms. The first-order chi connectivity index (χ1) is 9.03. The molecule has 1 unspecified atom stereocenters. The van der Waals surface area contributed by atoms with Crippen molar-refractivity contribution in [2.75, 3.05) is 6.54 Å². The van der Waals surface area contributed by atoms with Crippen molar-refractivity contribution in [2.24, 2.45) is 5.73 Å². The number of halogens is 2. The maximum absolute atomic E-state index is 6.09. The zero-order valence-corrected chi connectivity index (χ0v) is 12.4. The third kappa shape index (κ3) is 3.50. The summed E-state index contributed by atoms with van der Waals surface area (Å²) < 4.78 is 0. The number of hydrogen-bond donors (Lipinski definition) is 1. The molecule has 1 nitrogen and oxygen atoms in total. The van der Waals surface area contributed by atoms with Gasteiger partial charge in [-0.15, -0.1) is 0 Å². The molecule has 0 heterocycles. The summed E-state index contributed by atoms with van der Waals surface area (Å²) in [6.45, 7) is 2.68. The van der Waals surface area contributed by atoms with Gasteiger partial charge in [0.15, 0.2) is 0 Å². The van der Waals surface area contributed by atoms with E-state index in [1.807, 2.05) is 30.3 Å². The second-order valence-electron chi connectivity index (χ2n) is 5.09. The lowest BCUT2D eigenvalue weighted by Crippen LogP contribution is -2.34. The SMILES string of the molecule is CC(CN)(Cc1ccccc1)c1cc(Cl)cc(Cl)c1. The summed E-state index contributed by atoms with van der Waals surface area (Å²) in [5.74, 6) is 0. The number of rotatable bonds is 4. The average molecular weight is 294 g/mol. The molecule has 2 rings (SSSR count). The summed E-state index contributed by atoms with van der Waals surface area (Å²) in [5, 5.41) is 1.30. The Morgan fingerprint density at radius 2 is 1.58 bits per heavy atom. The molecule has 0 amide bonds. The molecule has 2 N–H and O–H groups in total. The first-order valence-corrected chi connectivity index (χ1v) is 7.00. The van der Waals surface area contributed by atoms with E-state index in [1.165, 1.54) is 5.56 Å². The molecule has 0 aliphatic rings. The standard InChI is InChI=1S/C16H17Cl2N/c1-16(11-19,10-12-5-3-2-4-6-12)13-7-14(17)9-15(18)8-13/h2-9H,10-11,19H2,1H3. The van der Waals surface area contributed by atoms with Crippen molar-refractivity contribution in [1.29, 1.82) is 0 Å². The maximum atomic E-state index is 6.09. The van der Waals surface area contributed by atoms with E-state index in [0.717, 1.165) is 12.0 Å². The molecule has 0 radical (unpaired) electrons. The van der Waals surface area contributed by atoms with Crippen LogP contribution in [-0.2, 0) is 11.8 Å². The molecule has 0 aliphatic heterocycles. The van der Waals surface area contributed by atoms with Crippen molar-refractivity contribution >= 4 is 23.2 Å². The molecule has 0 aromatic heterocycles. The van der Waals surface area contributed by atoms with Crippen molar-refractivity contribution in [1.82, 2.24) is 0 Å². The largest absolute Gasteiger partial charge is 0.330 e. The van der Waals surface area contributed by atoms with Gasteiger partial charge in [0.25, 0.3) is 0 Å². The quantitative estimate of drug-likeness (QED) is 0.885. The van der Waals surface area contributed by atoms with Gasteiger partial charge in [0.1, 0.15) is 0 Å². The highest BCUT2D eigenvalue weighted by Crippen LogP contribution is 2.31. The van der Waals surface area contributed by atoms with E-state index in [2.05, 4.69) is 19.1 Å². The van der Waals surface area contributed by atoms with Gasteiger partial charge in [0.05, 0.1) is 0 Å². The lowest BCUT2D eigenvalue weighted by atomic mass is 9.77. The Morgan fingerprint density at radius 3 is 2.11 bits per heavy atom. The van der Waals surface area contributed by atoms with Gasteiger partial charge in [-0.2, -0.15) is 0 Å². The summed E-state index contributed by atoms with van der Waals surface area (Å²) in [6, 6.07) is 16.0. The minimum Gasteiger partial charge on any atom is -0.330 e. The first kappa shape index (κ1) is 14.4. The second kappa shape index (κ2) is 5.96. The molecule has 2 aromatic rings. The van der Waals surface area contributed by atoms with Crippen LogP contribution in [-0.4, -0.2) is 6.54 Å². The van der Waals surface area contributed by atoms with Crippen LogP contribution in [0.25, 0.3) is 0 Å². The van der Waals surface area contributed by atoms with Crippen molar-refractivity contribution in [2.45, 2.75) is 18.8 Å². The van der Waals surface area contributed by atoms with Crippen LogP contribution < -0.4 is 5.73 Å². The molecule has 3 heteroatoms. The summed E-state index contributed by atoms with van der Waals surface area (Å²) in [5.41, 5.74) is 8.17. The van der Waals surface area contributed by atoms with Crippen LogP contribution in [0.4, 0.5) is 0 Å². The van der Waals surface area contributed by atoms with Gasteiger partial charge in [-0.25, -0.2) is 0 Å². The van der Waals surface area contributed by atoms with E-state index >= 15 is 0 Å². The molecule has 0 fully saturated rings. The van der Waals surface area contributed by atoms with Gasteiger partial charge in [0.2, 0.25) is 0 Å². The van der Waals surface area contributed by atoms with Crippen LogP contribution in [0.15, 0.2) is 48.5 Å². The Bertz CT molecular complexity index is 534. The zero-order valence-electron chi connectivity index (χ0n) is 10.9. The normalized spacial score (nSPS) is 14.1. The topological polar surface area (TPSA) is 26.0 Å². The van der Waals surface area contributed by atoms with E-state index in [1.54, 1.807) is 6.07 Å². The maximum Gasteiger partial charge on any atom is 0.0423 e. The summed E-state index contributed by atoms with van der Waals surface area (Å²) in [6.07, 6.45) is 0.862. The van der Waals surface area contributed by atoms with E-state index in [0.29, 0.717) is 16.6 Å². The third-order valence-electron chi connectivity index (χ3n) is 3.45. The summed E-state index contributed by atoms with van der Waals surface area (Å²) in [7, 11) is 0. The van der Waals surface area contributed by atoms with Gasteiger partial charge in [0, 0.05) is 22.0 Å². The van der Waals surface area contributed by atoms with Crippen molar-refractivity contribution in [3.63, 3.8) is 0 Å². The van der Waals surface area contributed by atoms with Crippen LogP contribution >= 0.6 is 23.2 Å². The molecule has 1 atom stereocenters. The van der Waals surface area contributed by atoms with Crippen molar-refractivity contribution in [3.8, 4) is 0 Å². The van der Waals surface area contributed by atoms with E-state index in [4.69, 9.17) is 28.9 Å². The van der Waals surface area contributed by atoms with Crippen LogP contribution in [0.1, 0.15) is 18.1 Å². The lowest BCUT2D eigenvalue weighted by molar-refractivity contribution is 0.481. The molecule has 19 heavy (non-hydrogen) atoms. The summed E-state index contributed by atoms with van der Waals surface area (Å²) in [4.78, 5) is 0. The van der Waals surface area contributed by atoms with Crippen LogP contribution in [0, 0.1) is 0 Å². The van der Waals surface area contributed by atoms with Gasteiger partial charge in [-0.05, 0) is 35.7 Å². The van der Waals surface area contributed by atoms with E-state index < -0.39 is 0 Å². The first-order valence-electron chi connectivity index (χ1n) is 6.24. The highest BCUT2D eigenvalue weighted by atomic mass is 35.5. The highest BCUT2D eigenvalue weighted by Gasteiger charge is 2.26. The second-order valence-corrected chi connectivity index (χ2v) is 5.96. The van der Waals surface area contributed by atoms with Gasteiger partial charge in [-0.1, -0.05) is 60.5 Å². The van der Waals surface area contributed by atoms with Crippen LogP contribution in [0.2, 0.25) is 10.0 Å². The number of benzene rings is 2. The number of nitrogens with two attached hydrogens (primary N) is 1. The third-order valence-corrected chi connectivity index (χ3v) is 3.88. The van der Waals surface area contributed by atoms with Crippen LogP contribution in [0.3, 0.4) is 0 Å². The van der Waals surface area contributed by atoms with Gasteiger partial charge in [-0.3, -0.25) is 0 Å². The Balaban J connectivity index is 2.36. The Labute approximate surface area is 124 Å². The van der Waals surface area contributed by atoms with Gasteiger partial charge >= 0.3 is 0 Å². The van der Waals surface area contributed by atoms with Crippen LogP contribution in [0.5, 0.6) is 0 Å². The molecular weight excluding hydrogens is 277 g/mol. The fourth-order valence-corrected chi connectivity index (χ4v) is 2.77. The highest BCUT2D eigenvalue weighted by molar-refractivity contribution is 6.34. The predicted octanol–water partition coefficient (Wildman–Crippen LogP) is 4.45. The minimum absolute atomic E-state index is 0.171. The summed E-state index contributed by atoms with van der Waals surface area (Å²) >= 11 is 12.2. The van der Waals surface area contributed by atoms with Crippen molar-refractivity contribution < 1.29 is 0 Å². The molecule has 100 valence electrons. The predicted molar refractivity (Wildman–Crippen MR) is 83.0 cm³/mol. The van der Waals surface area contributed by atoms with E-state index in [-0.39, 0.29) is 5.41 Å². The fourth-order valence-electron chi connectivity index (χ4n) is 2.24. The molecule has 0 bridgehead atoms. The molecular formula is C16H17Cl2N. The van der Waals surface area contributed by atoms with E-state index in [9.17, 15) is 0 Å².